The first-order chi connectivity index (χ1) is 8.45. The van der Waals surface area contributed by atoms with E-state index in [-0.39, 0.29) is 11.4 Å². The van der Waals surface area contributed by atoms with Crippen molar-refractivity contribution in [2.24, 2.45) is 0 Å². The minimum Gasteiger partial charge on any atom is -0.398 e. The molecule has 0 aliphatic carbocycles. The molecule has 3 N–H and O–H groups in total. The monoisotopic (exact) mass is 286 g/mol. The summed E-state index contributed by atoms with van der Waals surface area (Å²) in [6, 6.07) is 3.06. The number of nitrogen functional groups attached to an aromatic ring is 1. The van der Waals surface area contributed by atoms with Crippen molar-refractivity contribution in [1.82, 2.24) is 4.31 Å². The van der Waals surface area contributed by atoms with Crippen molar-refractivity contribution in [3.63, 3.8) is 0 Å². The summed E-state index contributed by atoms with van der Waals surface area (Å²) in [6.45, 7) is 6.81. The quantitative estimate of drug-likeness (QED) is 0.817. The molecule has 5 nitrogen and oxygen atoms in total. The highest BCUT2D eigenvalue weighted by atomic mass is 32.2. The second-order valence-corrected chi connectivity index (χ2v) is 7.57. The molecule has 19 heavy (non-hydrogen) atoms. The lowest BCUT2D eigenvalue weighted by molar-refractivity contribution is 0.0640. The summed E-state index contributed by atoms with van der Waals surface area (Å²) in [4.78, 5) is 0.153. The number of anilines is 1. The van der Waals surface area contributed by atoms with Gasteiger partial charge in [-0.25, -0.2) is 8.42 Å². The fourth-order valence-corrected chi connectivity index (χ4v) is 3.26. The molecule has 0 saturated heterocycles. The largest absolute Gasteiger partial charge is 0.398 e. The number of nitrogens with zero attached hydrogens (tertiary/aromatic N) is 1. The van der Waals surface area contributed by atoms with Crippen LogP contribution in [0.1, 0.15) is 25.0 Å². The third-order valence-electron chi connectivity index (χ3n) is 3.00. The lowest BCUT2D eigenvalue weighted by atomic mass is 10.1. The van der Waals surface area contributed by atoms with Crippen LogP contribution in [-0.2, 0) is 10.0 Å². The number of aryl methyl sites for hydroxylation is 1. The summed E-state index contributed by atoms with van der Waals surface area (Å²) in [5.41, 5.74) is 6.88. The molecule has 0 spiro atoms. The molecular formula is C13H22N2O3S. The molecule has 0 radical (unpaired) electrons. The van der Waals surface area contributed by atoms with E-state index in [1.54, 1.807) is 19.9 Å². The average molecular weight is 286 g/mol. The van der Waals surface area contributed by atoms with Crippen LogP contribution in [-0.4, -0.2) is 37.0 Å². The number of rotatable bonds is 4. The Balaban J connectivity index is 3.21. The second-order valence-electron chi connectivity index (χ2n) is 5.53. The minimum absolute atomic E-state index is 0.0160. The van der Waals surface area contributed by atoms with Crippen LogP contribution in [0.4, 0.5) is 5.69 Å². The van der Waals surface area contributed by atoms with E-state index in [0.717, 1.165) is 15.4 Å². The van der Waals surface area contributed by atoms with Crippen molar-refractivity contribution in [3.05, 3.63) is 23.3 Å². The smallest absolute Gasteiger partial charge is 0.242 e. The molecule has 0 bridgehead atoms. The zero-order valence-electron chi connectivity index (χ0n) is 12.1. The Kier molecular flexibility index (Phi) is 4.29. The lowest BCUT2D eigenvalue weighted by Crippen LogP contribution is -2.39. The van der Waals surface area contributed by atoms with Crippen molar-refractivity contribution < 1.29 is 13.5 Å². The Labute approximate surface area is 115 Å². The normalized spacial score (nSPS) is 13.0. The van der Waals surface area contributed by atoms with Gasteiger partial charge in [-0.15, -0.1) is 0 Å². The second kappa shape index (κ2) is 5.11. The van der Waals surface area contributed by atoms with Gasteiger partial charge in [0.05, 0.1) is 10.5 Å². The molecule has 0 unspecified atom stereocenters. The highest BCUT2D eigenvalue weighted by molar-refractivity contribution is 7.89. The molecule has 0 aliphatic rings. The SMILES string of the molecule is Cc1cc(S(=O)(=O)N(C)CC(C)(C)O)cc(N)c1C. The topological polar surface area (TPSA) is 83.6 Å². The van der Waals surface area contributed by atoms with Crippen molar-refractivity contribution in [1.29, 1.82) is 0 Å². The van der Waals surface area contributed by atoms with E-state index in [4.69, 9.17) is 5.73 Å². The number of benzene rings is 1. The molecule has 1 aromatic carbocycles. The van der Waals surface area contributed by atoms with Crippen LogP contribution >= 0.6 is 0 Å². The number of hydrogen-bond acceptors (Lipinski definition) is 4. The summed E-state index contributed by atoms with van der Waals surface area (Å²) in [6.07, 6.45) is 0. The van der Waals surface area contributed by atoms with Gasteiger partial charge in [-0.2, -0.15) is 4.31 Å². The van der Waals surface area contributed by atoms with Gasteiger partial charge in [0.1, 0.15) is 0 Å². The van der Waals surface area contributed by atoms with E-state index < -0.39 is 15.6 Å². The van der Waals surface area contributed by atoms with Crippen LogP contribution in [0.5, 0.6) is 0 Å². The zero-order chi connectivity index (χ0) is 15.0. The summed E-state index contributed by atoms with van der Waals surface area (Å²) in [7, 11) is -2.20. The maximum atomic E-state index is 12.4. The first-order valence-electron chi connectivity index (χ1n) is 6.00. The third kappa shape index (κ3) is 3.68. The van der Waals surface area contributed by atoms with Crippen LogP contribution in [0.3, 0.4) is 0 Å². The van der Waals surface area contributed by atoms with Gasteiger partial charge in [0.15, 0.2) is 0 Å². The highest BCUT2D eigenvalue weighted by Gasteiger charge is 2.27. The molecule has 0 amide bonds. The number of aliphatic hydroxyl groups is 1. The molecule has 1 aromatic rings. The Bertz CT molecular complexity index is 551. The van der Waals surface area contributed by atoms with Crippen LogP contribution in [0, 0.1) is 13.8 Å². The van der Waals surface area contributed by atoms with Crippen LogP contribution < -0.4 is 5.73 Å². The van der Waals surface area contributed by atoms with Crippen molar-refractivity contribution >= 4 is 15.7 Å². The maximum absolute atomic E-state index is 12.4. The highest BCUT2D eigenvalue weighted by Crippen LogP contribution is 2.24. The molecule has 0 aromatic heterocycles. The van der Waals surface area contributed by atoms with E-state index in [1.807, 2.05) is 13.8 Å². The fourth-order valence-electron chi connectivity index (χ4n) is 1.81. The van der Waals surface area contributed by atoms with Crippen molar-refractivity contribution in [2.75, 3.05) is 19.3 Å². The van der Waals surface area contributed by atoms with Crippen molar-refractivity contribution in [2.45, 2.75) is 38.2 Å². The number of nitrogens with two attached hydrogens (primary N) is 1. The molecule has 1 rings (SSSR count). The fraction of sp³-hybridized carbons (Fsp3) is 0.538. The van der Waals surface area contributed by atoms with Crippen molar-refractivity contribution in [3.8, 4) is 0 Å². The molecule has 0 fully saturated rings. The molecular weight excluding hydrogens is 264 g/mol. The van der Waals surface area contributed by atoms with Gasteiger partial charge in [-0.05, 0) is 51.0 Å². The van der Waals surface area contributed by atoms with Crippen LogP contribution in [0.25, 0.3) is 0 Å². The van der Waals surface area contributed by atoms with Gasteiger partial charge in [-0.3, -0.25) is 0 Å². The Hall–Kier alpha value is -1.11. The zero-order valence-corrected chi connectivity index (χ0v) is 12.9. The molecule has 108 valence electrons. The van der Waals surface area contributed by atoms with Gasteiger partial charge in [0.25, 0.3) is 0 Å². The number of sulfonamides is 1. The minimum atomic E-state index is -3.64. The van der Waals surface area contributed by atoms with E-state index in [1.165, 1.54) is 13.1 Å². The summed E-state index contributed by atoms with van der Waals surface area (Å²) >= 11 is 0. The molecule has 6 heteroatoms. The summed E-state index contributed by atoms with van der Waals surface area (Å²) in [5, 5.41) is 9.72. The van der Waals surface area contributed by atoms with Gasteiger partial charge in [0.2, 0.25) is 10.0 Å². The summed E-state index contributed by atoms with van der Waals surface area (Å²) < 4.78 is 25.9. The number of hydrogen-bond donors (Lipinski definition) is 2. The van der Waals surface area contributed by atoms with Gasteiger partial charge < -0.3 is 10.8 Å². The predicted molar refractivity (Wildman–Crippen MR) is 76.4 cm³/mol. The summed E-state index contributed by atoms with van der Waals surface area (Å²) in [5.74, 6) is 0. The van der Waals surface area contributed by atoms with Gasteiger partial charge in [-0.1, -0.05) is 0 Å². The third-order valence-corrected chi connectivity index (χ3v) is 4.78. The molecule has 0 heterocycles. The lowest BCUT2D eigenvalue weighted by Gasteiger charge is -2.25. The Morgan fingerprint density at radius 2 is 1.84 bits per heavy atom. The Morgan fingerprint density at radius 1 is 1.32 bits per heavy atom. The van der Waals surface area contributed by atoms with Gasteiger partial charge >= 0.3 is 0 Å². The maximum Gasteiger partial charge on any atom is 0.242 e. The first-order valence-corrected chi connectivity index (χ1v) is 7.44. The Morgan fingerprint density at radius 3 is 2.26 bits per heavy atom. The number of likely N-dealkylation sites (N-methyl/N-ethyl adjacent to an activating group) is 1. The molecule has 0 aliphatic heterocycles. The van der Waals surface area contributed by atoms with E-state index in [9.17, 15) is 13.5 Å². The molecule has 0 atom stereocenters. The predicted octanol–water partition coefficient (Wildman–Crippen LogP) is 1.28. The van der Waals surface area contributed by atoms with Crippen LogP contribution in [0.15, 0.2) is 17.0 Å². The standard InChI is InChI=1S/C13H22N2O3S/c1-9-6-11(7-12(14)10(9)2)19(17,18)15(5)8-13(3,4)16/h6-7,16H,8,14H2,1-5H3. The van der Waals surface area contributed by atoms with Gasteiger partial charge in [0, 0.05) is 19.3 Å². The molecule has 0 saturated carbocycles. The first kappa shape index (κ1) is 15.9. The van der Waals surface area contributed by atoms with E-state index >= 15 is 0 Å². The van der Waals surface area contributed by atoms with Crippen LogP contribution in [0.2, 0.25) is 0 Å². The van der Waals surface area contributed by atoms with E-state index in [2.05, 4.69) is 0 Å². The average Bonchev–Trinajstić information content (AvgIpc) is 2.22. The van der Waals surface area contributed by atoms with E-state index in [0.29, 0.717) is 5.69 Å².